The number of methoxy groups -OCH3 is 1. The topological polar surface area (TPSA) is 75.1 Å². The van der Waals surface area contributed by atoms with E-state index >= 15 is 0 Å². The van der Waals surface area contributed by atoms with E-state index in [0.717, 1.165) is 74.0 Å². The van der Waals surface area contributed by atoms with E-state index in [1.807, 2.05) is 31.3 Å². The van der Waals surface area contributed by atoms with Gasteiger partial charge in [-0.1, -0.05) is 6.92 Å². The Morgan fingerprint density at radius 2 is 1.90 bits per heavy atom. The molecule has 1 aromatic heterocycles. The molecule has 3 rings (SSSR count). The summed E-state index contributed by atoms with van der Waals surface area (Å²) in [7, 11) is 3.49. The lowest BCUT2D eigenvalue weighted by Gasteiger charge is -2.36. The number of nitrogens with one attached hydrogen (secondary N) is 1. The molecule has 8 nitrogen and oxygen atoms in total. The molecule has 2 heterocycles. The number of aromatic nitrogens is 2. The number of aliphatic imine (C=N–C) groups is 1. The second kappa shape index (κ2) is 10.8. The predicted octanol–water partition coefficient (Wildman–Crippen LogP) is 2.28. The van der Waals surface area contributed by atoms with Crippen molar-refractivity contribution in [3.63, 3.8) is 0 Å². The summed E-state index contributed by atoms with van der Waals surface area (Å²) < 4.78 is 15.3. The third-order valence-corrected chi connectivity index (χ3v) is 5.58. The molecule has 1 fully saturated rings. The first-order chi connectivity index (χ1) is 14.2. The monoisotopic (exact) mass is 418 g/mol. The van der Waals surface area contributed by atoms with Crippen molar-refractivity contribution < 1.29 is 9.47 Å². The fraction of sp³-hybridized carbons (Fsp3) is 0.550. The van der Waals surface area contributed by atoms with Crippen LogP contribution >= 0.6 is 11.5 Å². The van der Waals surface area contributed by atoms with Gasteiger partial charge in [0.15, 0.2) is 5.96 Å². The predicted molar refractivity (Wildman–Crippen MR) is 118 cm³/mol. The van der Waals surface area contributed by atoms with Gasteiger partial charge in [0.25, 0.3) is 0 Å². The van der Waals surface area contributed by atoms with Gasteiger partial charge in [0.05, 0.1) is 13.7 Å². The highest BCUT2D eigenvalue weighted by Gasteiger charge is 2.21. The SMILES string of the molecule is CCc1nsc(N2CCN(C(=NC)NCCCOc3ccc(OC)cc3)CC2)n1. The molecule has 0 atom stereocenters. The molecule has 0 amide bonds. The number of rotatable bonds is 8. The smallest absolute Gasteiger partial charge is 0.205 e. The van der Waals surface area contributed by atoms with E-state index in [9.17, 15) is 0 Å². The van der Waals surface area contributed by atoms with Crippen LogP contribution in [0.15, 0.2) is 29.3 Å². The highest BCUT2D eigenvalue weighted by molar-refractivity contribution is 7.09. The van der Waals surface area contributed by atoms with Crippen LogP contribution in [-0.2, 0) is 6.42 Å². The molecule has 1 aliphatic heterocycles. The van der Waals surface area contributed by atoms with Crippen LogP contribution in [0.4, 0.5) is 5.13 Å². The zero-order valence-electron chi connectivity index (χ0n) is 17.4. The lowest BCUT2D eigenvalue weighted by molar-refractivity contribution is 0.308. The second-order valence-electron chi connectivity index (χ2n) is 6.67. The normalized spacial score (nSPS) is 14.8. The summed E-state index contributed by atoms with van der Waals surface area (Å²) in [6.07, 6.45) is 1.78. The number of anilines is 1. The standard InChI is InChI=1S/C20H30N6O2S/c1-4-18-23-20(29-24-18)26-13-11-25(12-14-26)19(21-2)22-10-5-15-28-17-8-6-16(27-3)7-9-17/h6-9H,4-5,10-15H2,1-3H3,(H,21,22). The molecular weight excluding hydrogens is 388 g/mol. The molecule has 158 valence electrons. The minimum atomic E-state index is 0.654. The molecule has 29 heavy (non-hydrogen) atoms. The highest BCUT2D eigenvalue weighted by atomic mass is 32.1. The maximum Gasteiger partial charge on any atom is 0.205 e. The fourth-order valence-corrected chi connectivity index (χ4v) is 3.89. The average Bonchev–Trinajstić information content (AvgIpc) is 3.26. The highest BCUT2D eigenvalue weighted by Crippen LogP contribution is 2.19. The molecule has 1 aliphatic rings. The Bertz CT molecular complexity index is 772. The van der Waals surface area contributed by atoms with Crippen molar-refractivity contribution in [2.75, 3.05) is 58.4 Å². The molecule has 9 heteroatoms. The quantitative estimate of drug-likeness (QED) is 0.400. The van der Waals surface area contributed by atoms with Gasteiger partial charge in [-0.2, -0.15) is 4.37 Å². The van der Waals surface area contributed by atoms with Crippen molar-refractivity contribution >= 4 is 22.6 Å². The summed E-state index contributed by atoms with van der Waals surface area (Å²) in [6, 6.07) is 7.65. The number of piperazine rings is 1. The number of guanidine groups is 1. The number of aryl methyl sites for hydroxylation is 1. The molecule has 0 unspecified atom stereocenters. The van der Waals surface area contributed by atoms with Crippen molar-refractivity contribution in [3.05, 3.63) is 30.1 Å². The minimum absolute atomic E-state index is 0.654. The van der Waals surface area contributed by atoms with Crippen LogP contribution in [-0.4, -0.2) is 73.7 Å². The molecule has 0 saturated carbocycles. The Labute approximate surface area is 176 Å². The lowest BCUT2D eigenvalue weighted by Crippen LogP contribution is -2.52. The van der Waals surface area contributed by atoms with Crippen LogP contribution in [0.3, 0.4) is 0 Å². The van der Waals surface area contributed by atoms with Crippen LogP contribution in [0.1, 0.15) is 19.2 Å². The van der Waals surface area contributed by atoms with Gasteiger partial charge in [0.2, 0.25) is 5.13 Å². The first kappa shape index (κ1) is 21.2. The lowest BCUT2D eigenvalue weighted by atomic mass is 10.3. The Morgan fingerprint density at radius 1 is 1.17 bits per heavy atom. The second-order valence-corrected chi connectivity index (χ2v) is 7.40. The first-order valence-corrected chi connectivity index (χ1v) is 10.8. The Balaban J connectivity index is 1.36. The average molecular weight is 419 g/mol. The summed E-state index contributed by atoms with van der Waals surface area (Å²) >= 11 is 1.50. The maximum atomic E-state index is 5.77. The van der Waals surface area contributed by atoms with Crippen molar-refractivity contribution in [1.82, 2.24) is 19.6 Å². The maximum absolute atomic E-state index is 5.77. The Morgan fingerprint density at radius 3 is 2.52 bits per heavy atom. The zero-order valence-corrected chi connectivity index (χ0v) is 18.2. The van der Waals surface area contributed by atoms with E-state index in [2.05, 4.69) is 36.4 Å². The molecule has 1 saturated heterocycles. The van der Waals surface area contributed by atoms with Crippen molar-refractivity contribution in [3.8, 4) is 11.5 Å². The van der Waals surface area contributed by atoms with Crippen molar-refractivity contribution in [1.29, 1.82) is 0 Å². The molecule has 0 radical (unpaired) electrons. The van der Waals surface area contributed by atoms with Crippen molar-refractivity contribution in [2.45, 2.75) is 19.8 Å². The molecule has 0 spiro atoms. The summed E-state index contributed by atoms with van der Waals surface area (Å²) in [5, 5.41) is 4.47. The van der Waals surface area contributed by atoms with Gasteiger partial charge in [-0.3, -0.25) is 4.99 Å². The number of hydrogen-bond acceptors (Lipinski definition) is 7. The summed E-state index contributed by atoms with van der Waals surface area (Å²) in [5.74, 6) is 3.57. The minimum Gasteiger partial charge on any atom is -0.497 e. The summed E-state index contributed by atoms with van der Waals surface area (Å²) in [6.45, 7) is 7.26. The Hall–Kier alpha value is -2.55. The number of benzene rings is 1. The summed E-state index contributed by atoms with van der Waals surface area (Å²) in [4.78, 5) is 13.6. The van der Waals surface area contributed by atoms with Gasteiger partial charge >= 0.3 is 0 Å². The van der Waals surface area contributed by atoms with Gasteiger partial charge in [0.1, 0.15) is 17.3 Å². The Kier molecular flexibility index (Phi) is 7.92. The molecule has 0 bridgehead atoms. The molecule has 1 N–H and O–H groups in total. The van der Waals surface area contributed by atoms with Crippen LogP contribution in [0, 0.1) is 0 Å². The van der Waals surface area contributed by atoms with Crippen molar-refractivity contribution in [2.24, 2.45) is 4.99 Å². The first-order valence-electron chi connectivity index (χ1n) is 10.0. The van der Waals surface area contributed by atoms with Gasteiger partial charge < -0.3 is 24.6 Å². The van der Waals surface area contributed by atoms with Gasteiger partial charge in [0, 0.05) is 57.7 Å². The number of hydrogen-bond donors (Lipinski definition) is 1. The van der Waals surface area contributed by atoms with E-state index in [4.69, 9.17) is 9.47 Å². The van der Waals surface area contributed by atoms with Crippen LogP contribution in [0.2, 0.25) is 0 Å². The van der Waals surface area contributed by atoms with E-state index in [1.54, 1.807) is 7.11 Å². The van der Waals surface area contributed by atoms with E-state index in [0.29, 0.717) is 6.61 Å². The third kappa shape index (κ3) is 5.96. The van der Waals surface area contributed by atoms with E-state index in [-0.39, 0.29) is 0 Å². The van der Waals surface area contributed by atoms with E-state index in [1.165, 1.54) is 11.5 Å². The number of nitrogens with zero attached hydrogens (tertiary/aromatic N) is 5. The van der Waals surface area contributed by atoms with Crippen LogP contribution in [0.5, 0.6) is 11.5 Å². The molecular formula is C20H30N6O2S. The van der Waals surface area contributed by atoms with Gasteiger partial charge in [-0.15, -0.1) is 0 Å². The zero-order chi connectivity index (χ0) is 20.5. The largest absolute Gasteiger partial charge is 0.497 e. The third-order valence-electron chi connectivity index (χ3n) is 4.77. The van der Waals surface area contributed by atoms with Gasteiger partial charge in [-0.25, -0.2) is 4.98 Å². The van der Waals surface area contributed by atoms with Gasteiger partial charge in [-0.05, 0) is 30.7 Å². The van der Waals surface area contributed by atoms with Crippen LogP contribution in [0.25, 0.3) is 0 Å². The summed E-state index contributed by atoms with van der Waals surface area (Å²) in [5.41, 5.74) is 0. The fourth-order valence-electron chi connectivity index (χ4n) is 3.09. The number of ether oxygens (including phenoxy) is 2. The molecule has 0 aliphatic carbocycles. The van der Waals surface area contributed by atoms with Crippen LogP contribution < -0.4 is 19.7 Å². The molecule has 1 aromatic carbocycles. The van der Waals surface area contributed by atoms with E-state index < -0.39 is 0 Å². The molecule has 2 aromatic rings.